The Bertz CT molecular complexity index is 806. The summed E-state index contributed by atoms with van der Waals surface area (Å²) in [7, 11) is 0. The van der Waals surface area contributed by atoms with Gasteiger partial charge in [0.15, 0.2) is 0 Å². The highest BCUT2D eigenvalue weighted by Gasteiger charge is 2.09. The minimum Gasteiger partial charge on any atom is -0.360 e. The van der Waals surface area contributed by atoms with Crippen LogP contribution in [-0.2, 0) is 4.79 Å². The monoisotopic (exact) mass is 302 g/mol. The third-order valence-electron chi connectivity index (χ3n) is 3.07. The Morgan fingerprint density at radius 1 is 1.00 bits per heavy atom. The normalized spacial score (nSPS) is 10.3. The van der Waals surface area contributed by atoms with Gasteiger partial charge in [0, 0.05) is 17.6 Å². The molecule has 1 amide bonds. The highest BCUT2D eigenvalue weighted by atomic mass is 16.1. The van der Waals surface area contributed by atoms with Crippen LogP contribution in [0.25, 0.3) is 0 Å². The maximum absolute atomic E-state index is 12.1. The number of amides is 1. The Kier molecular flexibility index (Phi) is 5.12. The van der Waals surface area contributed by atoms with Crippen LogP contribution in [0.4, 0.5) is 11.4 Å². The maximum atomic E-state index is 12.1. The third kappa shape index (κ3) is 4.45. The van der Waals surface area contributed by atoms with E-state index in [9.17, 15) is 4.79 Å². The topological polar surface area (TPSA) is 88.7 Å². The predicted octanol–water partition coefficient (Wildman–Crippen LogP) is 3.32. The lowest BCUT2D eigenvalue weighted by Crippen LogP contribution is -2.14. The maximum Gasteiger partial charge on any atom is 0.267 e. The number of nitrogens with one attached hydrogen (secondary N) is 2. The summed E-state index contributed by atoms with van der Waals surface area (Å²) >= 11 is 0. The van der Waals surface area contributed by atoms with E-state index in [1.54, 1.807) is 36.4 Å². The number of rotatable bonds is 4. The number of nitrogens with zero attached hydrogens (tertiary/aromatic N) is 2. The van der Waals surface area contributed by atoms with Gasteiger partial charge >= 0.3 is 0 Å². The molecular formula is C18H14N4O. The lowest BCUT2D eigenvalue weighted by molar-refractivity contribution is -0.112. The zero-order chi connectivity index (χ0) is 16.7. The molecule has 5 heteroatoms. The van der Waals surface area contributed by atoms with Crippen LogP contribution < -0.4 is 10.6 Å². The second-order valence-electron chi connectivity index (χ2n) is 4.82. The summed E-state index contributed by atoms with van der Waals surface area (Å²) in [6.45, 7) is 1.95. The molecule has 23 heavy (non-hydrogen) atoms. The molecule has 0 unspecified atom stereocenters. The van der Waals surface area contributed by atoms with Crippen LogP contribution in [0.2, 0.25) is 0 Å². The molecule has 0 aliphatic heterocycles. The summed E-state index contributed by atoms with van der Waals surface area (Å²) in [5.41, 5.74) is 2.88. The van der Waals surface area contributed by atoms with E-state index in [0.29, 0.717) is 16.9 Å². The van der Waals surface area contributed by atoms with Crippen LogP contribution in [0.5, 0.6) is 0 Å². The quantitative estimate of drug-likeness (QED) is 0.669. The minimum atomic E-state index is -0.488. The molecule has 2 aromatic rings. The molecule has 0 heterocycles. The first kappa shape index (κ1) is 15.8. The highest BCUT2D eigenvalue weighted by Crippen LogP contribution is 2.12. The summed E-state index contributed by atoms with van der Waals surface area (Å²) in [5, 5.41) is 23.4. The van der Waals surface area contributed by atoms with Crippen molar-refractivity contribution < 1.29 is 4.79 Å². The molecule has 0 radical (unpaired) electrons. The van der Waals surface area contributed by atoms with Crippen LogP contribution in [0.1, 0.15) is 11.1 Å². The first-order valence-electron chi connectivity index (χ1n) is 6.87. The Morgan fingerprint density at radius 3 is 2.17 bits per heavy atom. The molecule has 0 aliphatic carbocycles. The molecule has 0 atom stereocenters. The number of benzene rings is 2. The summed E-state index contributed by atoms with van der Waals surface area (Å²) in [4.78, 5) is 12.1. The molecule has 0 spiro atoms. The molecule has 0 saturated heterocycles. The van der Waals surface area contributed by atoms with Crippen molar-refractivity contribution in [1.29, 1.82) is 10.5 Å². The van der Waals surface area contributed by atoms with Crippen LogP contribution in [-0.4, -0.2) is 5.91 Å². The minimum absolute atomic E-state index is 0.0464. The standard InChI is InChI=1S/C18H14N4O/c1-13-2-6-17(7-3-13)22-18(23)15(11-20)12-21-16-8-4-14(10-19)5-9-16/h2-9,12,21H,1H3,(H,22,23)/b15-12-. The van der Waals surface area contributed by atoms with Gasteiger partial charge in [0.2, 0.25) is 0 Å². The molecular weight excluding hydrogens is 288 g/mol. The number of carbonyl (C=O) groups excluding carboxylic acids is 1. The number of aryl methyl sites for hydroxylation is 1. The van der Waals surface area contributed by atoms with E-state index in [0.717, 1.165) is 5.56 Å². The van der Waals surface area contributed by atoms with E-state index in [-0.39, 0.29) is 5.57 Å². The van der Waals surface area contributed by atoms with Gasteiger partial charge in [0.1, 0.15) is 11.6 Å². The third-order valence-corrected chi connectivity index (χ3v) is 3.07. The summed E-state index contributed by atoms with van der Waals surface area (Å²) in [5.74, 6) is -0.488. The molecule has 0 aromatic heterocycles. The highest BCUT2D eigenvalue weighted by molar-refractivity contribution is 6.06. The van der Waals surface area contributed by atoms with Crippen molar-refractivity contribution in [3.8, 4) is 12.1 Å². The van der Waals surface area contributed by atoms with Crippen molar-refractivity contribution in [3.05, 3.63) is 71.4 Å². The van der Waals surface area contributed by atoms with Crippen molar-refractivity contribution in [2.24, 2.45) is 0 Å². The molecule has 2 aromatic carbocycles. The van der Waals surface area contributed by atoms with Crippen LogP contribution >= 0.6 is 0 Å². The van der Waals surface area contributed by atoms with Gasteiger partial charge in [-0.1, -0.05) is 17.7 Å². The Labute approximate surface area is 134 Å². The van der Waals surface area contributed by atoms with Crippen LogP contribution in [0, 0.1) is 29.6 Å². The van der Waals surface area contributed by atoms with Crippen molar-refractivity contribution in [3.63, 3.8) is 0 Å². The molecule has 112 valence electrons. The van der Waals surface area contributed by atoms with E-state index < -0.39 is 5.91 Å². The summed E-state index contributed by atoms with van der Waals surface area (Å²) in [6.07, 6.45) is 1.34. The molecule has 0 fully saturated rings. The van der Waals surface area contributed by atoms with Crippen molar-refractivity contribution in [2.75, 3.05) is 10.6 Å². The Morgan fingerprint density at radius 2 is 1.61 bits per heavy atom. The van der Waals surface area contributed by atoms with Gasteiger partial charge in [-0.25, -0.2) is 0 Å². The van der Waals surface area contributed by atoms with E-state index in [4.69, 9.17) is 10.5 Å². The lowest BCUT2D eigenvalue weighted by atomic mass is 10.2. The van der Waals surface area contributed by atoms with Gasteiger partial charge in [0.25, 0.3) is 5.91 Å². The van der Waals surface area contributed by atoms with Gasteiger partial charge in [-0.2, -0.15) is 10.5 Å². The van der Waals surface area contributed by atoms with Gasteiger partial charge in [0.05, 0.1) is 11.6 Å². The fourth-order valence-corrected chi connectivity index (χ4v) is 1.78. The molecule has 0 bridgehead atoms. The van der Waals surface area contributed by atoms with Crippen molar-refractivity contribution in [2.45, 2.75) is 6.92 Å². The summed E-state index contributed by atoms with van der Waals surface area (Å²) in [6, 6.07) is 17.9. The number of carbonyl (C=O) groups is 1. The lowest BCUT2D eigenvalue weighted by Gasteiger charge is -2.05. The smallest absolute Gasteiger partial charge is 0.267 e. The number of hydrogen-bond acceptors (Lipinski definition) is 4. The van der Waals surface area contributed by atoms with Gasteiger partial charge in [-0.3, -0.25) is 4.79 Å². The summed E-state index contributed by atoms with van der Waals surface area (Å²) < 4.78 is 0. The first-order valence-corrected chi connectivity index (χ1v) is 6.87. The van der Waals surface area contributed by atoms with E-state index in [1.807, 2.05) is 31.2 Å². The SMILES string of the molecule is Cc1ccc(NC(=O)/C(C#N)=C\Nc2ccc(C#N)cc2)cc1. The van der Waals surface area contributed by atoms with Gasteiger partial charge < -0.3 is 10.6 Å². The van der Waals surface area contributed by atoms with Crippen LogP contribution in [0.3, 0.4) is 0 Å². The molecule has 0 saturated carbocycles. The predicted molar refractivity (Wildman–Crippen MR) is 88.3 cm³/mol. The Hall–Kier alpha value is -3.57. The second-order valence-corrected chi connectivity index (χ2v) is 4.82. The molecule has 2 rings (SSSR count). The Balaban J connectivity index is 2.05. The van der Waals surface area contributed by atoms with E-state index in [2.05, 4.69) is 10.6 Å². The second kappa shape index (κ2) is 7.44. The molecule has 2 N–H and O–H groups in total. The zero-order valence-electron chi connectivity index (χ0n) is 12.5. The molecule has 5 nitrogen and oxygen atoms in total. The van der Waals surface area contributed by atoms with Gasteiger partial charge in [-0.05, 0) is 43.3 Å². The van der Waals surface area contributed by atoms with Crippen molar-refractivity contribution >= 4 is 17.3 Å². The number of anilines is 2. The fraction of sp³-hybridized carbons (Fsp3) is 0.0556. The fourth-order valence-electron chi connectivity index (χ4n) is 1.78. The largest absolute Gasteiger partial charge is 0.360 e. The number of hydrogen-bond donors (Lipinski definition) is 2. The van der Waals surface area contributed by atoms with E-state index in [1.165, 1.54) is 6.20 Å². The van der Waals surface area contributed by atoms with Crippen molar-refractivity contribution in [1.82, 2.24) is 0 Å². The van der Waals surface area contributed by atoms with E-state index >= 15 is 0 Å². The zero-order valence-corrected chi connectivity index (χ0v) is 12.5. The number of nitriles is 2. The average molecular weight is 302 g/mol. The molecule has 0 aliphatic rings. The first-order chi connectivity index (χ1) is 11.1. The van der Waals surface area contributed by atoms with Gasteiger partial charge in [-0.15, -0.1) is 0 Å². The van der Waals surface area contributed by atoms with Crippen LogP contribution in [0.15, 0.2) is 60.3 Å². The average Bonchev–Trinajstić information content (AvgIpc) is 2.58.